The van der Waals surface area contributed by atoms with Crippen LogP contribution in [0.25, 0.3) is 0 Å². The highest BCUT2D eigenvalue weighted by Gasteiger charge is 2.35. The van der Waals surface area contributed by atoms with E-state index in [1.54, 1.807) is 0 Å². The van der Waals surface area contributed by atoms with E-state index in [0.29, 0.717) is 12.2 Å². The minimum atomic E-state index is -0.849. The number of rotatable bonds is 6. The Bertz CT molecular complexity index is 581. The molecular weight excluding hydrogens is 280 g/mol. The molecule has 2 rings (SSSR count). The highest BCUT2D eigenvalue weighted by atomic mass is 16.5. The molecule has 1 aliphatic rings. The summed E-state index contributed by atoms with van der Waals surface area (Å²) < 4.78 is 11.9. The van der Waals surface area contributed by atoms with Crippen molar-refractivity contribution in [3.63, 3.8) is 0 Å². The highest BCUT2D eigenvalue weighted by molar-refractivity contribution is 5.04. The number of aromatic nitrogens is 2. The molecule has 1 fully saturated rings. The second kappa shape index (κ2) is 6.99. The third-order valence-corrected chi connectivity index (χ3v) is 3.34. The van der Waals surface area contributed by atoms with Crippen LogP contribution in [0.2, 0.25) is 0 Å². The Kier molecular flexibility index (Phi) is 5.29. The largest absolute Gasteiger partial charge is 0.394 e. The second-order valence-corrected chi connectivity index (χ2v) is 4.99. The third kappa shape index (κ3) is 3.59. The van der Waals surface area contributed by atoms with E-state index in [0.717, 1.165) is 6.42 Å². The second-order valence-electron chi connectivity index (χ2n) is 4.99. The Morgan fingerprint density at radius 1 is 1.52 bits per heavy atom. The highest BCUT2D eigenvalue weighted by Crippen LogP contribution is 2.27. The zero-order chi connectivity index (χ0) is 15.4. The molecule has 0 spiro atoms. The standard InChI is InChI=1S/C13H20N2O6/c1-2-3-20-7-8-5-15(13(19)14-12(8)18)11-4-9(17)10(6-16)21-11/h5,9-11,16-17H,2-4,6-7H2,1H3,(H,14,18,19)/t9-,10+,11+/m0/s1. The van der Waals surface area contributed by atoms with E-state index in [-0.39, 0.29) is 19.6 Å². The Labute approximate surface area is 120 Å². The quantitative estimate of drug-likeness (QED) is 0.587. The Morgan fingerprint density at radius 3 is 2.90 bits per heavy atom. The molecule has 0 amide bonds. The lowest BCUT2D eigenvalue weighted by Crippen LogP contribution is -2.34. The maximum Gasteiger partial charge on any atom is 0.330 e. The summed E-state index contributed by atoms with van der Waals surface area (Å²) in [6.45, 7) is 2.24. The summed E-state index contributed by atoms with van der Waals surface area (Å²) in [6.07, 6.45) is 0.0901. The van der Waals surface area contributed by atoms with E-state index in [2.05, 4.69) is 4.98 Å². The first kappa shape index (κ1) is 15.9. The van der Waals surface area contributed by atoms with E-state index in [1.165, 1.54) is 10.8 Å². The van der Waals surface area contributed by atoms with Crippen molar-refractivity contribution in [1.82, 2.24) is 9.55 Å². The minimum Gasteiger partial charge on any atom is -0.394 e. The first-order chi connectivity index (χ1) is 10.1. The molecule has 1 saturated heterocycles. The van der Waals surface area contributed by atoms with Gasteiger partial charge in [0.25, 0.3) is 5.56 Å². The van der Waals surface area contributed by atoms with Gasteiger partial charge in [0.1, 0.15) is 12.3 Å². The number of aliphatic hydroxyl groups is 2. The minimum absolute atomic E-state index is 0.0994. The lowest BCUT2D eigenvalue weighted by Gasteiger charge is -2.15. The molecule has 3 N–H and O–H groups in total. The summed E-state index contributed by atoms with van der Waals surface area (Å²) in [4.78, 5) is 25.8. The molecular formula is C13H20N2O6. The first-order valence-corrected chi connectivity index (χ1v) is 6.93. The van der Waals surface area contributed by atoms with Crippen molar-refractivity contribution in [2.45, 2.75) is 44.8 Å². The van der Waals surface area contributed by atoms with Crippen LogP contribution < -0.4 is 11.2 Å². The Morgan fingerprint density at radius 2 is 2.29 bits per heavy atom. The average molecular weight is 300 g/mol. The molecule has 2 heterocycles. The predicted molar refractivity (Wildman–Crippen MR) is 72.9 cm³/mol. The van der Waals surface area contributed by atoms with Gasteiger partial charge >= 0.3 is 5.69 Å². The van der Waals surface area contributed by atoms with Crippen molar-refractivity contribution >= 4 is 0 Å². The molecule has 8 nitrogen and oxygen atoms in total. The molecule has 21 heavy (non-hydrogen) atoms. The normalized spacial score (nSPS) is 25.4. The van der Waals surface area contributed by atoms with E-state index >= 15 is 0 Å². The Balaban J connectivity index is 2.22. The van der Waals surface area contributed by atoms with Crippen LogP contribution in [-0.4, -0.2) is 45.2 Å². The molecule has 0 saturated carbocycles. The van der Waals surface area contributed by atoms with E-state index in [1.807, 2.05) is 6.92 Å². The fourth-order valence-corrected chi connectivity index (χ4v) is 2.22. The van der Waals surface area contributed by atoms with Crippen LogP contribution in [0, 0.1) is 0 Å². The molecule has 0 radical (unpaired) electrons. The summed E-state index contributed by atoms with van der Waals surface area (Å²) in [6, 6.07) is 0. The van der Waals surface area contributed by atoms with Gasteiger partial charge in [-0.3, -0.25) is 14.3 Å². The molecule has 0 aliphatic carbocycles. The maximum absolute atomic E-state index is 11.9. The summed E-state index contributed by atoms with van der Waals surface area (Å²) in [7, 11) is 0. The summed E-state index contributed by atoms with van der Waals surface area (Å²) >= 11 is 0. The summed E-state index contributed by atoms with van der Waals surface area (Å²) in [5.74, 6) is 0. The van der Waals surface area contributed by atoms with Gasteiger partial charge in [-0.1, -0.05) is 6.92 Å². The third-order valence-electron chi connectivity index (χ3n) is 3.34. The van der Waals surface area contributed by atoms with Crippen LogP contribution in [0.5, 0.6) is 0 Å². The molecule has 8 heteroatoms. The predicted octanol–water partition coefficient (Wildman–Crippen LogP) is -0.896. The van der Waals surface area contributed by atoms with Crippen molar-refractivity contribution in [2.75, 3.05) is 13.2 Å². The van der Waals surface area contributed by atoms with Gasteiger partial charge in [0.05, 0.1) is 24.9 Å². The van der Waals surface area contributed by atoms with Crippen molar-refractivity contribution in [3.05, 3.63) is 32.6 Å². The lowest BCUT2D eigenvalue weighted by atomic mass is 10.2. The van der Waals surface area contributed by atoms with Crippen molar-refractivity contribution < 1.29 is 19.7 Å². The number of ether oxygens (including phenoxy) is 2. The van der Waals surface area contributed by atoms with Gasteiger partial charge in [0, 0.05) is 19.2 Å². The SMILES string of the molecule is CCCOCc1cn([C@H]2C[C@H](O)[C@@H](CO)O2)c(=O)[nH]c1=O. The first-order valence-electron chi connectivity index (χ1n) is 6.93. The van der Waals surface area contributed by atoms with Crippen LogP contribution in [0.3, 0.4) is 0 Å². The fourth-order valence-electron chi connectivity index (χ4n) is 2.22. The number of nitrogens with zero attached hydrogens (tertiary/aromatic N) is 1. The zero-order valence-electron chi connectivity index (χ0n) is 11.8. The molecule has 1 aliphatic heterocycles. The molecule has 3 atom stereocenters. The van der Waals surface area contributed by atoms with Crippen LogP contribution in [-0.2, 0) is 16.1 Å². The van der Waals surface area contributed by atoms with Gasteiger partial charge in [0.2, 0.25) is 0 Å². The number of hydrogen-bond acceptors (Lipinski definition) is 6. The topological polar surface area (TPSA) is 114 Å². The summed E-state index contributed by atoms with van der Waals surface area (Å²) in [5, 5.41) is 18.8. The average Bonchev–Trinajstić information content (AvgIpc) is 2.82. The zero-order valence-corrected chi connectivity index (χ0v) is 11.8. The molecule has 1 aromatic heterocycles. The van der Waals surface area contributed by atoms with E-state index < -0.39 is 29.7 Å². The molecule has 118 valence electrons. The van der Waals surface area contributed by atoms with Crippen LogP contribution in [0.15, 0.2) is 15.8 Å². The van der Waals surface area contributed by atoms with Crippen LogP contribution >= 0.6 is 0 Å². The maximum atomic E-state index is 11.9. The van der Waals surface area contributed by atoms with Crippen molar-refractivity contribution in [3.8, 4) is 0 Å². The van der Waals surface area contributed by atoms with Gasteiger partial charge < -0.3 is 19.7 Å². The number of aromatic amines is 1. The molecule has 0 aromatic carbocycles. The Hall–Kier alpha value is -1.48. The van der Waals surface area contributed by atoms with Gasteiger partial charge in [0.15, 0.2) is 0 Å². The van der Waals surface area contributed by atoms with Gasteiger partial charge in [-0.25, -0.2) is 4.79 Å². The van der Waals surface area contributed by atoms with Crippen molar-refractivity contribution in [1.29, 1.82) is 0 Å². The van der Waals surface area contributed by atoms with Gasteiger partial charge in [-0.15, -0.1) is 0 Å². The van der Waals surface area contributed by atoms with Crippen LogP contribution in [0.1, 0.15) is 31.6 Å². The number of hydrogen-bond donors (Lipinski definition) is 3. The van der Waals surface area contributed by atoms with Crippen LogP contribution in [0.4, 0.5) is 0 Å². The molecule has 0 bridgehead atoms. The fraction of sp³-hybridized carbons (Fsp3) is 0.692. The molecule has 1 aromatic rings. The van der Waals surface area contributed by atoms with Gasteiger partial charge in [-0.2, -0.15) is 0 Å². The van der Waals surface area contributed by atoms with E-state index in [4.69, 9.17) is 14.6 Å². The van der Waals surface area contributed by atoms with Gasteiger partial charge in [-0.05, 0) is 6.42 Å². The monoisotopic (exact) mass is 300 g/mol. The van der Waals surface area contributed by atoms with E-state index in [9.17, 15) is 14.7 Å². The smallest absolute Gasteiger partial charge is 0.330 e. The summed E-state index contributed by atoms with van der Waals surface area (Å²) in [5.41, 5.74) is -0.798. The lowest BCUT2D eigenvalue weighted by molar-refractivity contribution is -0.0461. The number of H-pyrrole nitrogens is 1. The molecule has 0 unspecified atom stereocenters. The number of aliphatic hydroxyl groups excluding tert-OH is 2. The van der Waals surface area contributed by atoms with Crippen molar-refractivity contribution in [2.24, 2.45) is 0 Å². The number of nitrogens with one attached hydrogen (secondary N) is 1.